The lowest BCUT2D eigenvalue weighted by atomic mass is 10.0. The second-order valence-corrected chi connectivity index (χ2v) is 3.55. The van der Waals surface area contributed by atoms with E-state index < -0.39 is 0 Å². The molecular weight excluding hydrogens is 206 g/mol. The summed E-state index contributed by atoms with van der Waals surface area (Å²) in [7, 11) is 1.37. The molecule has 0 spiro atoms. The molecule has 0 fully saturated rings. The van der Waals surface area contributed by atoms with Gasteiger partial charge in [0.05, 0.1) is 13.0 Å². The number of rotatable bonds is 3. The molecule has 0 unspecified atom stereocenters. The van der Waals surface area contributed by atoms with Crippen molar-refractivity contribution < 1.29 is 14.3 Å². The zero-order chi connectivity index (χ0) is 12.1. The Hall–Kier alpha value is -1.84. The molecule has 0 saturated heterocycles. The van der Waals surface area contributed by atoms with Gasteiger partial charge in [0, 0.05) is 12.6 Å². The summed E-state index contributed by atoms with van der Waals surface area (Å²) in [6.07, 6.45) is 0. The zero-order valence-electron chi connectivity index (χ0n) is 9.61. The number of amides is 1. The van der Waals surface area contributed by atoms with Crippen LogP contribution in [0.15, 0.2) is 24.3 Å². The van der Waals surface area contributed by atoms with Crippen molar-refractivity contribution in [3.8, 4) is 0 Å². The van der Waals surface area contributed by atoms with Gasteiger partial charge >= 0.3 is 5.97 Å². The van der Waals surface area contributed by atoms with Crippen molar-refractivity contribution in [2.24, 2.45) is 0 Å². The third-order valence-electron chi connectivity index (χ3n) is 2.29. The fourth-order valence-corrected chi connectivity index (χ4v) is 1.37. The number of carbonyl (C=O) groups excluding carboxylic acids is 2. The molecule has 0 radical (unpaired) electrons. The van der Waals surface area contributed by atoms with Crippen LogP contribution in [0.1, 0.15) is 25.3 Å². The summed E-state index contributed by atoms with van der Waals surface area (Å²) in [6.45, 7) is 3.23. The predicted octanol–water partition coefficient (Wildman–Crippen LogP) is 1.92. The largest absolute Gasteiger partial charge is 0.469 e. The SMILES string of the molecule is COC(=O)[C@H](C)c1ccc(NC(C)=O)cc1. The molecule has 0 aromatic heterocycles. The molecule has 4 nitrogen and oxygen atoms in total. The number of anilines is 1. The fraction of sp³-hybridized carbons (Fsp3) is 0.333. The second kappa shape index (κ2) is 5.30. The van der Waals surface area contributed by atoms with Crippen LogP contribution in [0.4, 0.5) is 5.69 Å². The van der Waals surface area contributed by atoms with E-state index in [2.05, 4.69) is 10.1 Å². The van der Waals surface area contributed by atoms with Crippen LogP contribution >= 0.6 is 0 Å². The summed E-state index contributed by atoms with van der Waals surface area (Å²) in [5, 5.41) is 2.66. The lowest BCUT2D eigenvalue weighted by Gasteiger charge is -2.10. The Bertz CT molecular complexity index is 384. The number of esters is 1. The molecular formula is C12H15NO3. The van der Waals surface area contributed by atoms with Crippen molar-refractivity contribution in [2.75, 3.05) is 12.4 Å². The van der Waals surface area contributed by atoms with Gasteiger partial charge in [-0.25, -0.2) is 0 Å². The molecule has 1 N–H and O–H groups in total. The van der Waals surface area contributed by atoms with E-state index in [1.807, 2.05) is 0 Å². The smallest absolute Gasteiger partial charge is 0.312 e. The van der Waals surface area contributed by atoms with Crippen LogP contribution in [0.3, 0.4) is 0 Å². The summed E-state index contributed by atoms with van der Waals surface area (Å²) < 4.78 is 4.65. The molecule has 0 aliphatic heterocycles. The molecule has 1 aromatic rings. The number of methoxy groups -OCH3 is 1. The number of benzene rings is 1. The van der Waals surface area contributed by atoms with Crippen molar-refractivity contribution in [3.05, 3.63) is 29.8 Å². The van der Waals surface area contributed by atoms with Gasteiger partial charge in [0.25, 0.3) is 0 Å². The van der Waals surface area contributed by atoms with Gasteiger partial charge in [-0.1, -0.05) is 12.1 Å². The minimum atomic E-state index is -0.295. The van der Waals surface area contributed by atoms with Crippen LogP contribution in [0.25, 0.3) is 0 Å². The van der Waals surface area contributed by atoms with E-state index in [0.29, 0.717) is 5.69 Å². The van der Waals surface area contributed by atoms with Crippen LogP contribution in [0, 0.1) is 0 Å². The van der Waals surface area contributed by atoms with Crippen molar-refractivity contribution in [1.29, 1.82) is 0 Å². The highest BCUT2D eigenvalue weighted by Gasteiger charge is 2.14. The van der Waals surface area contributed by atoms with Gasteiger partial charge in [-0.2, -0.15) is 0 Å². The molecule has 0 aliphatic carbocycles. The first kappa shape index (κ1) is 12.2. The predicted molar refractivity (Wildman–Crippen MR) is 61.2 cm³/mol. The number of carbonyl (C=O) groups is 2. The minimum absolute atomic E-state index is 0.117. The van der Waals surface area contributed by atoms with Crippen molar-refractivity contribution in [2.45, 2.75) is 19.8 Å². The Kier molecular flexibility index (Phi) is 4.05. The van der Waals surface area contributed by atoms with Crippen molar-refractivity contribution in [3.63, 3.8) is 0 Å². The topological polar surface area (TPSA) is 55.4 Å². The summed E-state index contributed by atoms with van der Waals surface area (Å²) in [4.78, 5) is 22.1. The highest BCUT2D eigenvalue weighted by Crippen LogP contribution is 2.19. The van der Waals surface area contributed by atoms with Crippen LogP contribution in [-0.2, 0) is 14.3 Å². The first-order chi connectivity index (χ1) is 7.54. The third kappa shape index (κ3) is 3.08. The van der Waals surface area contributed by atoms with Gasteiger partial charge in [0.2, 0.25) is 5.91 Å². The molecule has 0 bridgehead atoms. The summed E-state index contributed by atoms with van der Waals surface area (Å²) >= 11 is 0. The molecule has 4 heteroatoms. The molecule has 16 heavy (non-hydrogen) atoms. The molecule has 86 valence electrons. The second-order valence-electron chi connectivity index (χ2n) is 3.55. The lowest BCUT2D eigenvalue weighted by Crippen LogP contribution is -2.11. The molecule has 1 amide bonds. The van der Waals surface area contributed by atoms with E-state index in [4.69, 9.17) is 0 Å². The molecule has 1 aromatic carbocycles. The van der Waals surface area contributed by atoms with Crippen LogP contribution in [0.2, 0.25) is 0 Å². The van der Waals surface area contributed by atoms with Crippen molar-refractivity contribution in [1.82, 2.24) is 0 Å². The Morgan fingerprint density at radius 1 is 1.25 bits per heavy atom. The average molecular weight is 221 g/mol. The molecule has 0 heterocycles. The van der Waals surface area contributed by atoms with Gasteiger partial charge in [0.1, 0.15) is 0 Å². The van der Waals surface area contributed by atoms with Gasteiger partial charge in [-0.05, 0) is 24.6 Å². The van der Waals surface area contributed by atoms with E-state index in [9.17, 15) is 9.59 Å². The minimum Gasteiger partial charge on any atom is -0.469 e. The van der Waals surface area contributed by atoms with E-state index in [1.54, 1.807) is 31.2 Å². The van der Waals surface area contributed by atoms with Crippen LogP contribution < -0.4 is 5.32 Å². The molecule has 0 saturated carbocycles. The van der Waals surface area contributed by atoms with E-state index in [-0.39, 0.29) is 17.8 Å². The summed E-state index contributed by atoms with van der Waals surface area (Å²) in [5.41, 5.74) is 1.58. The van der Waals surface area contributed by atoms with Crippen LogP contribution in [0.5, 0.6) is 0 Å². The maximum atomic E-state index is 11.3. The first-order valence-electron chi connectivity index (χ1n) is 5.00. The first-order valence-corrected chi connectivity index (χ1v) is 5.00. The highest BCUT2D eigenvalue weighted by molar-refractivity contribution is 5.88. The van der Waals surface area contributed by atoms with Gasteiger partial charge in [-0.15, -0.1) is 0 Å². The maximum absolute atomic E-state index is 11.3. The van der Waals surface area contributed by atoms with Crippen molar-refractivity contribution >= 4 is 17.6 Å². The molecule has 1 atom stereocenters. The molecule has 1 rings (SSSR count). The average Bonchev–Trinajstić information content (AvgIpc) is 2.27. The normalized spacial score (nSPS) is 11.7. The summed E-state index contributed by atoms with van der Waals surface area (Å²) in [6, 6.07) is 7.12. The zero-order valence-corrected chi connectivity index (χ0v) is 9.61. The number of hydrogen-bond donors (Lipinski definition) is 1. The van der Waals surface area contributed by atoms with E-state index in [0.717, 1.165) is 5.56 Å². The monoisotopic (exact) mass is 221 g/mol. The Balaban J connectivity index is 2.78. The Labute approximate surface area is 94.6 Å². The van der Waals surface area contributed by atoms with E-state index >= 15 is 0 Å². The number of nitrogens with one attached hydrogen (secondary N) is 1. The fourth-order valence-electron chi connectivity index (χ4n) is 1.37. The Morgan fingerprint density at radius 3 is 2.25 bits per heavy atom. The summed E-state index contributed by atoms with van der Waals surface area (Å²) in [5.74, 6) is -0.683. The van der Waals surface area contributed by atoms with E-state index in [1.165, 1.54) is 14.0 Å². The number of hydrogen-bond acceptors (Lipinski definition) is 3. The third-order valence-corrected chi connectivity index (χ3v) is 2.29. The number of ether oxygens (including phenoxy) is 1. The maximum Gasteiger partial charge on any atom is 0.312 e. The Morgan fingerprint density at radius 2 is 1.81 bits per heavy atom. The quantitative estimate of drug-likeness (QED) is 0.793. The molecule has 0 aliphatic rings. The van der Waals surface area contributed by atoms with Gasteiger partial charge in [-0.3, -0.25) is 9.59 Å². The lowest BCUT2D eigenvalue weighted by molar-refractivity contribution is -0.142. The highest BCUT2D eigenvalue weighted by atomic mass is 16.5. The standard InChI is InChI=1S/C12H15NO3/c1-8(12(15)16-3)10-4-6-11(7-5-10)13-9(2)14/h4-8H,1-3H3,(H,13,14)/t8-/m1/s1. The van der Waals surface area contributed by atoms with Gasteiger partial charge < -0.3 is 10.1 Å². The van der Waals surface area contributed by atoms with Gasteiger partial charge in [0.15, 0.2) is 0 Å². The van der Waals surface area contributed by atoms with Crippen LogP contribution in [-0.4, -0.2) is 19.0 Å².